The van der Waals surface area contributed by atoms with E-state index in [9.17, 15) is 9.59 Å². The Morgan fingerprint density at radius 1 is 1.22 bits per heavy atom. The minimum atomic E-state index is -0.494. The van der Waals surface area contributed by atoms with Crippen molar-refractivity contribution in [3.8, 4) is 0 Å². The van der Waals surface area contributed by atoms with E-state index in [4.69, 9.17) is 0 Å². The van der Waals surface area contributed by atoms with Gasteiger partial charge in [-0.25, -0.2) is 4.79 Å². The van der Waals surface area contributed by atoms with Gasteiger partial charge in [-0.3, -0.25) is 10.1 Å². The van der Waals surface area contributed by atoms with Crippen LogP contribution in [-0.4, -0.2) is 39.5 Å². The minimum absolute atomic E-state index is 0.358. The van der Waals surface area contributed by atoms with Crippen molar-refractivity contribution >= 4 is 40.2 Å². The third-order valence-electron chi connectivity index (χ3n) is 2.44. The van der Waals surface area contributed by atoms with Crippen LogP contribution in [-0.2, 0) is 4.79 Å². The number of aromatic nitrogens is 2. The van der Waals surface area contributed by atoms with Gasteiger partial charge in [0.15, 0.2) is 4.34 Å². The highest BCUT2D eigenvalue weighted by Gasteiger charge is 2.21. The predicted octanol–water partition coefficient (Wildman–Crippen LogP) is 2.71. The number of nitrogens with zero attached hydrogens (tertiary/aromatic N) is 2. The van der Waals surface area contributed by atoms with E-state index >= 15 is 0 Å². The molecule has 130 valence electrons. The number of carbonyl (C=O) groups excluding carboxylic acids is 2. The Hall–Kier alpha value is -1.35. The average molecular weight is 360 g/mol. The summed E-state index contributed by atoms with van der Waals surface area (Å²) < 4.78 is 0.690. The molecule has 1 heterocycles. The van der Waals surface area contributed by atoms with E-state index in [0.717, 1.165) is 11.7 Å². The lowest BCUT2D eigenvalue weighted by Crippen LogP contribution is -2.49. The molecule has 0 aliphatic heterocycles. The van der Waals surface area contributed by atoms with Crippen molar-refractivity contribution in [2.24, 2.45) is 5.92 Å². The monoisotopic (exact) mass is 359 g/mol. The van der Waals surface area contributed by atoms with Crippen LogP contribution in [0.1, 0.15) is 41.5 Å². The quantitative estimate of drug-likeness (QED) is 0.676. The lowest BCUT2D eigenvalue weighted by molar-refractivity contribution is -0.119. The molecule has 3 N–H and O–H groups in total. The van der Waals surface area contributed by atoms with Gasteiger partial charge in [0.2, 0.25) is 11.0 Å². The number of urea groups is 1. The Morgan fingerprint density at radius 2 is 1.87 bits per heavy atom. The molecule has 0 aliphatic rings. The largest absolute Gasteiger partial charge is 0.360 e. The topological polar surface area (TPSA) is 96.0 Å². The van der Waals surface area contributed by atoms with Gasteiger partial charge in [0, 0.05) is 12.1 Å². The molecule has 1 rings (SSSR count). The zero-order valence-corrected chi connectivity index (χ0v) is 16.0. The van der Waals surface area contributed by atoms with Crippen LogP contribution in [0.5, 0.6) is 0 Å². The fourth-order valence-electron chi connectivity index (χ4n) is 1.41. The second kappa shape index (κ2) is 8.49. The molecule has 23 heavy (non-hydrogen) atoms. The number of hydrogen-bond acceptors (Lipinski definition) is 7. The van der Waals surface area contributed by atoms with E-state index in [1.165, 1.54) is 23.1 Å². The van der Waals surface area contributed by atoms with Crippen molar-refractivity contribution in [2.45, 2.75) is 56.7 Å². The second-order valence-corrected chi connectivity index (χ2v) is 9.17. The maximum atomic E-state index is 12.0. The molecule has 0 spiro atoms. The summed E-state index contributed by atoms with van der Waals surface area (Å²) in [6.45, 7) is 12.3. The van der Waals surface area contributed by atoms with Crippen LogP contribution in [0.2, 0.25) is 0 Å². The minimum Gasteiger partial charge on any atom is -0.360 e. The molecule has 0 aliphatic carbocycles. The molecule has 7 nitrogen and oxygen atoms in total. The van der Waals surface area contributed by atoms with Crippen LogP contribution in [0.25, 0.3) is 0 Å². The van der Waals surface area contributed by atoms with Crippen molar-refractivity contribution in [3.63, 3.8) is 0 Å². The first kappa shape index (κ1) is 19.7. The molecule has 1 aromatic heterocycles. The Kier molecular flexibility index (Phi) is 7.27. The molecule has 0 saturated heterocycles. The molecule has 0 bridgehead atoms. The standard InChI is InChI=1S/C14H25N5O2S2/c1-8(2)7-15-12-18-19-13(23-12)22-9(3)10(20)16-11(21)17-14(4,5)6/h8-9H,7H2,1-6H3,(H,15,18)(H2,16,17,20,21). The summed E-state index contributed by atoms with van der Waals surface area (Å²) in [5, 5.41) is 16.6. The molecule has 9 heteroatoms. The van der Waals surface area contributed by atoms with E-state index in [2.05, 4.69) is 40.0 Å². The number of rotatable bonds is 6. The number of amides is 3. The van der Waals surface area contributed by atoms with Gasteiger partial charge in [0.05, 0.1) is 5.25 Å². The maximum absolute atomic E-state index is 12.0. The van der Waals surface area contributed by atoms with Crippen LogP contribution < -0.4 is 16.0 Å². The van der Waals surface area contributed by atoms with E-state index in [-0.39, 0.29) is 5.91 Å². The first-order chi connectivity index (χ1) is 10.6. The molecule has 3 amide bonds. The van der Waals surface area contributed by atoms with Gasteiger partial charge in [-0.2, -0.15) is 0 Å². The number of imide groups is 1. The van der Waals surface area contributed by atoms with Crippen LogP contribution in [0.3, 0.4) is 0 Å². The van der Waals surface area contributed by atoms with E-state index in [1.807, 2.05) is 20.8 Å². The summed E-state index contributed by atoms with van der Waals surface area (Å²) in [4.78, 5) is 23.7. The van der Waals surface area contributed by atoms with Crippen LogP contribution in [0.4, 0.5) is 9.93 Å². The Morgan fingerprint density at radius 3 is 2.43 bits per heavy atom. The molecule has 1 atom stereocenters. The molecule has 0 saturated carbocycles. The Bertz CT molecular complexity index is 540. The molecule has 0 aromatic carbocycles. The Labute approximate surface area is 145 Å². The first-order valence-electron chi connectivity index (χ1n) is 7.44. The van der Waals surface area contributed by atoms with E-state index in [0.29, 0.717) is 10.3 Å². The summed E-state index contributed by atoms with van der Waals surface area (Å²) in [7, 11) is 0. The van der Waals surface area contributed by atoms with Crippen molar-refractivity contribution < 1.29 is 9.59 Å². The zero-order valence-electron chi connectivity index (χ0n) is 14.4. The van der Waals surface area contributed by atoms with Crippen molar-refractivity contribution in [1.29, 1.82) is 0 Å². The highest BCUT2D eigenvalue weighted by Crippen LogP contribution is 2.28. The first-order valence-corrected chi connectivity index (χ1v) is 9.13. The third-order valence-corrected chi connectivity index (χ3v) is 4.51. The van der Waals surface area contributed by atoms with E-state index in [1.54, 1.807) is 6.92 Å². The van der Waals surface area contributed by atoms with Crippen molar-refractivity contribution in [1.82, 2.24) is 20.8 Å². The number of anilines is 1. The van der Waals surface area contributed by atoms with Gasteiger partial charge >= 0.3 is 6.03 Å². The lowest BCUT2D eigenvalue weighted by Gasteiger charge is -2.20. The molecule has 0 radical (unpaired) electrons. The number of hydrogen-bond donors (Lipinski definition) is 3. The summed E-state index contributed by atoms with van der Waals surface area (Å²) in [6, 6.07) is -0.494. The maximum Gasteiger partial charge on any atom is 0.321 e. The summed E-state index contributed by atoms with van der Waals surface area (Å²) in [6.07, 6.45) is 0. The SMILES string of the molecule is CC(C)CNc1nnc(SC(C)C(=O)NC(=O)NC(C)(C)C)s1. The fraction of sp³-hybridized carbons (Fsp3) is 0.714. The number of nitrogens with one attached hydrogen (secondary N) is 3. The molecule has 1 aromatic rings. The highest BCUT2D eigenvalue weighted by molar-refractivity contribution is 8.02. The zero-order chi connectivity index (χ0) is 17.6. The average Bonchev–Trinajstić information content (AvgIpc) is 2.81. The van der Waals surface area contributed by atoms with Crippen LogP contribution in [0, 0.1) is 5.92 Å². The normalized spacial score (nSPS) is 12.8. The predicted molar refractivity (Wildman–Crippen MR) is 95.0 cm³/mol. The smallest absolute Gasteiger partial charge is 0.321 e. The van der Waals surface area contributed by atoms with Gasteiger partial charge in [0.1, 0.15) is 0 Å². The summed E-state index contributed by atoms with van der Waals surface area (Å²) >= 11 is 2.68. The molecule has 0 fully saturated rings. The van der Waals surface area contributed by atoms with Gasteiger partial charge < -0.3 is 10.6 Å². The summed E-state index contributed by atoms with van der Waals surface area (Å²) in [5.41, 5.74) is -0.392. The summed E-state index contributed by atoms with van der Waals surface area (Å²) in [5.74, 6) is 0.157. The van der Waals surface area contributed by atoms with Crippen molar-refractivity contribution in [3.05, 3.63) is 0 Å². The van der Waals surface area contributed by atoms with E-state index < -0.39 is 16.8 Å². The molecular formula is C14H25N5O2S2. The highest BCUT2D eigenvalue weighted by atomic mass is 32.2. The number of thioether (sulfide) groups is 1. The van der Waals surface area contributed by atoms with Gasteiger partial charge in [-0.05, 0) is 33.6 Å². The van der Waals surface area contributed by atoms with Gasteiger partial charge in [0.25, 0.3) is 0 Å². The third kappa shape index (κ3) is 8.17. The Balaban J connectivity index is 2.47. The van der Waals surface area contributed by atoms with Crippen LogP contribution >= 0.6 is 23.1 Å². The van der Waals surface area contributed by atoms with Crippen molar-refractivity contribution in [2.75, 3.05) is 11.9 Å². The lowest BCUT2D eigenvalue weighted by atomic mass is 10.1. The van der Waals surface area contributed by atoms with Gasteiger partial charge in [-0.1, -0.05) is 36.9 Å². The second-order valence-electron chi connectivity index (χ2n) is 6.60. The van der Waals surface area contributed by atoms with Gasteiger partial charge in [-0.15, -0.1) is 10.2 Å². The molecule has 1 unspecified atom stereocenters. The number of carbonyl (C=O) groups is 2. The fourth-order valence-corrected chi connectivity index (χ4v) is 3.31. The van der Waals surface area contributed by atoms with Crippen LogP contribution in [0.15, 0.2) is 4.34 Å². The molecular weight excluding hydrogens is 334 g/mol.